The summed E-state index contributed by atoms with van der Waals surface area (Å²) in [5.74, 6) is 3.95. The molecule has 2 fully saturated rings. The summed E-state index contributed by atoms with van der Waals surface area (Å²) in [7, 11) is 0. The molecule has 2 aliphatic rings. The summed E-state index contributed by atoms with van der Waals surface area (Å²) in [6, 6.07) is 0. The molecule has 0 aromatic heterocycles. The summed E-state index contributed by atoms with van der Waals surface area (Å²) >= 11 is 0. The number of hydrogen-bond acceptors (Lipinski definition) is 0. The second kappa shape index (κ2) is 3.16. The van der Waals surface area contributed by atoms with Crippen LogP contribution in [0.3, 0.4) is 0 Å². The van der Waals surface area contributed by atoms with Gasteiger partial charge in [-0.1, -0.05) is 32.6 Å². The topological polar surface area (TPSA) is 0 Å². The maximum Gasteiger partial charge on any atom is -0.0182 e. The lowest BCUT2D eigenvalue weighted by molar-refractivity contribution is 0.470. The van der Waals surface area contributed by atoms with Gasteiger partial charge in [0.2, 0.25) is 0 Å². The fourth-order valence-corrected chi connectivity index (χ4v) is 2.95. The van der Waals surface area contributed by atoms with E-state index in [9.17, 15) is 0 Å². The van der Waals surface area contributed by atoms with Crippen LogP contribution in [-0.4, -0.2) is 0 Å². The Morgan fingerprint density at radius 1 is 1.00 bits per heavy atom. The van der Waals surface area contributed by atoms with E-state index >= 15 is 0 Å². The van der Waals surface area contributed by atoms with Gasteiger partial charge in [-0.3, -0.25) is 0 Å². The maximum atomic E-state index is 2.43. The minimum Gasteiger partial charge on any atom is -0.0619 e. The molecule has 1 unspecified atom stereocenters. The molecule has 1 atom stereocenters. The Bertz CT molecular complexity index is 122. The van der Waals surface area contributed by atoms with Gasteiger partial charge in [-0.2, -0.15) is 0 Å². The van der Waals surface area contributed by atoms with Gasteiger partial charge in [0.15, 0.2) is 0 Å². The van der Waals surface area contributed by atoms with Crippen molar-refractivity contribution in [3.63, 3.8) is 0 Å². The Morgan fingerprint density at radius 2 is 1.73 bits per heavy atom. The van der Waals surface area contributed by atoms with Crippen molar-refractivity contribution in [1.29, 1.82) is 0 Å². The van der Waals surface area contributed by atoms with Crippen LogP contribution in [-0.2, 0) is 0 Å². The van der Waals surface area contributed by atoms with E-state index in [1.54, 1.807) is 0 Å². The van der Waals surface area contributed by atoms with Gasteiger partial charge in [-0.15, -0.1) is 0 Å². The Morgan fingerprint density at radius 3 is 2.27 bits per heavy atom. The largest absolute Gasteiger partial charge is 0.0619 e. The van der Waals surface area contributed by atoms with E-state index in [1.165, 1.54) is 44.9 Å². The lowest BCUT2D eigenvalue weighted by Gasteiger charge is -2.21. The minimum absolute atomic E-state index is 0.970. The van der Waals surface area contributed by atoms with Crippen molar-refractivity contribution in [3.05, 3.63) is 5.92 Å². The van der Waals surface area contributed by atoms with Crippen molar-refractivity contribution >= 4 is 0 Å². The summed E-state index contributed by atoms with van der Waals surface area (Å²) in [4.78, 5) is 0. The van der Waals surface area contributed by atoms with Crippen LogP contribution in [0.5, 0.6) is 0 Å². The molecule has 0 nitrogen and oxygen atoms in total. The third-order valence-corrected chi connectivity index (χ3v) is 3.62. The standard InChI is InChI=1S/C11H19/c1-9-5-4-8-11(9)10-6-2-3-7-10/h9-10H,2-8H2,1H3. The van der Waals surface area contributed by atoms with Gasteiger partial charge in [0, 0.05) is 0 Å². The third kappa shape index (κ3) is 1.45. The summed E-state index contributed by atoms with van der Waals surface area (Å²) in [6.45, 7) is 2.43. The molecule has 11 heavy (non-hydrogen) atoms. The lowest BCUT2D eigenvalue weighted by Crippen LogP contribution is -2.11. The first-order valence-corrected chi connectivity index (χ1v) is 5.23. The molecule has 0 saturated heterocycles. The van der Waals surface area contributed by atoms with E-state index in [0.29, 0.717) is 0 Å². The quantitative estimate of drug-likeness (QED) is 0.537. The predicted molar refractivity (Wildman–Crippen MR) is 48.2 cm³/mol. The van der Waals surface area contributed by atoms with E-state index in [0.717, 1.165) is 11.8 Å². The average Bonchev–Trinajstić information content (AvgIpc) is 2.55. The van der Waals surface area contributed by atoms with E-state index in [2.05, 4.69) is 6.92 Å². The van der Waals surface area contributed by atoms with Gasteiger partial charge in [0.25, 0.3) is 0 Å². The van der Waals surface area contributed by atoms with Gasteiger partial charge >= 0.3 is 0 Å². The van der Waals surface area contributed by atoms with Gasteiger partial charge in [-0.05, 0) is 37.0 Å². The molecular formula is C11H19. The van der Waals surface area contributed by atoms with Gasteiger partial charge in [0.05, 0.1) is 0 Å². The molecule has 0 aliphatic heterocycles. The van der Waals surface area contributed by atoms with Crippen LogP contribution in [0, 0.1) is 17.8 Å². The summed E-state index contributed by atoms with van der Waals surface area (Å²) < 4.78 is 0. The second-order valence-electron chi connectivity index (χ2n) is 4.35. The fraction of sp³-hybridized carbons (Fsp3) is 0.909. The fourth-order valence-electron chi connectivity index (χ4n) is 2.95. The highest BCUT2D eigenvalue weighted by Crippen LogP contribution is 2.44. The highest BCUT2D eigenvalue weighted by molar-refractivity contribution is 5.05. The first-order chi connectivity index (χ1) is 5.38. The smallest absolute Gasteiger partial charge is 0.0182 e. The third-order valence-electron chi connectivity index (χ3n) is 3.62. The molecule has 63 valence electrons. The zero-order chi connectivity index (χ0) is 7.68. The number of hydrogen-bond donors (Lipinski definition) is 0. The van der Waals surface area contributed by atoms with Gasteiger partial charge < -0.3 is 0 Å². The highest BCUT2D eigenvalue weighted by Gasteiger charge is 2.32. The molecule has 2 aliphatic carbocycles. The molecule has 0 amide bonds. The molecule has 0 N–H and O–H groups in total. The van der Waals surface area contributed by atoms with Crippen LogP contribution < -0.4 is 0 Å². The molecule has 0 heterocycles. The molecule has 1 radical (unpaired) electrons. The maximum absolute atomic E-state index is 2.43. The Kier molecular flexibility index (Phi) is 2.20. The van der Waals surface area contributed by atoms with Crippen LogP contribution in [0.15, 0.2) is 0 Å². The first-order valence-electron chi connectivity index (χ1n) is 5.23. The van der Waals surface area contributed by atoms with Crippen molar-refractivity contribution in [1.82, 2.24) is 0 Å². The molecule has 2 saturated carbocycles. The second-order valence-corrected chi connectivity index (χ2v) is 4.35. The molecule has 0 aromatic rings. The molecule has 2 rings (SSSR count). The zero-order valence-corrected chi connectivity index (χ0v) is 7.60. The van der Waals surface area contributed by atoms with Crippen molar-refractivity contribution in [2.24, 2.45) is 11.8 Å². The van der Waals surface area contributed by atoms with Crippen LogP contribution in [0.1, 0.15) is 51.9 Å². The SMILES string of the molecule is CC1CCC[C]1C1CCCC1. The van der Waals surface area contributed by atoms with E-state index in [1.807, 2.05) is 5.92 Å². The van der Waals surface area contributed by atoms with Crippen LogP contribution in [0.25, 0.3) is 0 Å². The van der Waals surface area contributed by atoms with Gasteiger partial charge in [-0.25, -0.2) is 0 Å². The predicted octanol–water partition coefficient (Wildman–Crippen LogP) is 3.57. The average molecular weight is 151 g/mol. The van der Waals surface area contributed by atoms with Crippen molar-refractivity contribution in [3.8, 4) is 0 Å². The van der Waals surface area contributed by atoms with E-state index < -0.39 is 0 Å². The zero-order valence-electron chi connectivity index (χ0n) is 7.60. The lowest BCUT2D eigenvalue weighted by atomic mass is 9.84. The molecular weight excluding hydrogens is 132 g/mol. The normalized spacial score (nSPS) is 35.2. The summed E-state index contributed by atoms with van der Waals surface area (Å²) in [5.41, 5.74) is 0. The summed E-state index contributed by atoms with van der Waals surface area (Å²) in [6.07, 6.45) is 10.5. The van der Waals surface area contributed by atoms with Crippen LogP contribution >= 0.6 is 0 Å². The molecule has 0 heteroatoms. The Labute approximate surface area is 70.4 Å². The summed E-state index contributed by atoms with van der Waals surface area (Å²) in [5, 5.41) is 0. The van der Waals surface area contributed by atoms with Crippen LogP contribution in [0.4, 0.5) is 0 Å². The van der Waals surface area contributed by atoms with Crippen LogP contribution in [0.2, 0.25) is 0 Å². The van der Waals surface area contributed by atoms with E-state index in [-0.39, 0.29) is 0 Å². The van der Waals surface area contributed by atoms with Gasteiger partial charge in [0.1, 0.15) is 0 Å². The Hall–Kier alpha value is 0. The first kappa shape index (κ1) is 7.64. The van der Waals surface area contributed by atoms with Crippen molar-refractivity contribution < 1.29 is 0 Å². The molecule has 0 spiro atoms. The van der Waals surface area contributed by atoms with Crippen molar-refractivity contribution in [2.75, 3.05) is 0 Å². The molecule has 0 bridgehead atoms. The van der Waals surface area contributed by atoms with Crippen molar-refractivity contribution in [2.45, 2.75) is 51.9 Å². The molecule has 0 aromatic carbocycles. The minimum atomic E-state index is 0.970. The highest BCUT2D eigenvalue weighted by atomic mass is 14.4. The Balaban J connectivity index is 1.92. The van der Waals surface area contributed by atoms with E-state index in [4.69, 9.17) is 0 Å². The monoisotopic (exact) mass is 151 g/mol. The number of rotatable bonds is 1.